The highest BCUT2D eigenvalue weighted by Crippen LogP contribution is 2.48. The van der Waals surface area contributed by atoms with Crippen LogP contribution in [0.3, 0.4) is 0 Å². The first-order chi connectivity index (χ1) is 21.5. The van der Waals surface area contributed by atoms with Gasteiger partial charge in [0, 0.05) is 59.8 Å². The summed E-state index contributed by atoms with van der Waals surface area (Å²) >= 11 is 0. The zero-order valence-corrected chi connectivity index (χ0v) is 24.5. The van der Waals surface area contributed by atoms with Gasteiger partial charge in [-0.2, -0.15) is 0 Å². The molecule has 216 valence electrons. The third-order valence-electron chi connectivity index (χ3n) is 8.78. The normalized spacial score (nSPS) is 15.0. The van der Waals surface area contributed by atoms with Crippen LogP contribution in [0.5, 0.6) is 0 Å². The van der Waals surface area contributed by atoms with Crippen LogP contribution in [0, 0.1) is 18.8 Å². The van der Waals surface area contributed by atoms with E-state index in [9.17, 15) is 9.59 Å². The van der Waals surface area contributed by atoms with Crippen LogP contribution in [0.25, 0.3) is 5.69 Å². The number of fused-ring (bicyclic) bond motifs is 2. The first kappa shape index (κ1) is 27.4. The maximum atomic E-state index is 14.1. The molecule has 2 aliphatic rings. The van der Waals surface area contributed by atoms with E-state index in [2.05, 4.69) is 46.9 Å². The number of hydrogen-bond acceptors (Lipinski definition) is 4. The summed E-state index contributed by atoms with van der Waals surface area (Å²) in [4.78, 5) is 39.8. The molecule has 7 rings (SSSR count). The predicted octanol–water partition coefficient (Wildman–Crippen LogP) is 5.81. The van der Waals surface area contributed by atoms with Crippen molar-refractivity contribution in [3.63, 3.8) is 0 Å². The number of imidazole rings is 1. The van der Waals surface area contributed by atoms with E-state index in [1.165, 1.54) is 5.56 Å². The van der Waals surface area contributed by atoms with Gasteiger partial charge in [-0.05, 0) is 79.9 Å². The Morgan fingerprint density at radius 1 is 0.795 bits per heavy atom. The molecule has 0 bridgehead atoms. The zero-order valence-electron chi connectivity index (χ0n) is 24.5. The Labute approximate surface area is 256 Å². The Morgan fingerprint density at radius 3 is 2.23 bits per heavy atom. The van der Waals surface area contributed by atoms with Crippen molar-refractivity contribution in [2.75, 3.05) is 24.5 Å². The lowest BCUT2D eigenvalue weighted by molar-refractivity contribution is 0.0670. The van der Waals surface area contributed by atoms with Crippen LogP contribution < -0.4 is 4.90 Å². The Bertz CT molecular complexity index is 1890. The molecule has 0 aliphatic carbocycles. The van der Waals surface area contributed by atoms with E-state index in [0.29, 0.717) is 30.9 Å². The first-order valence-corrected chi connectivity index (χ1v) is 14.8. The topological polar surface area (TPSA) is 71.3 Å². The molecule has 0 N–H and O–H groups in total. The highest BCUT2D eigenvalue weighted by Gasteiger charge is 2.47. The molecule has 0 radical (unpaired) electrons. The third kappa shape index (κ3) is 5.05. The van der Waals surface area contributed by atoms with E-state index in [4.69, 9.17) is 0 Å². The minimum absolute atomic E-state index is 0.0269. The molecule has 1 spiro atoms. The van der Waals surface area contributed by atoms with Gasteiger partial charge in [0.25, 0.3) is 11.8 Å². The molecule has 0 saturated carbocycles. The van der Waals surface area contributed by atoms with E-state index in [-0.39, 0.29) is 17.2 Å². The van der Waals surface area contributed by atoms with Gasteiger partial charge in [-0.15, -0.1) is 0 Å². The van der Waals surface area contributed by atoms with Crippen LogP contribution in [-0.2, 0) is 5.41 Å². The summed E-state index contributed by atoms with van der Waals surface area (Å²) in [5.74, 6) is 6.28. The Kier molecular flexibility index (Phi) is 7.03. The molecule has 2 amide bonds. The van der Waals surface area contributed by atoms with Gasteiger partial charge >= 0.3 is 0 Å². The summed E-state index contributed by atoms with van der Waals surface area (Å²) in [5, 5.41) is 0. The molecule has 0 unspecified atom stereocenters. The van der Waals surface area contributed by atoms with Crippen molar-refractivity contribution in [1.29, 1.82) is 0 Å². The quantitative estimate of drug-likeness (QED) is 0.254. The molecular formula is C37H31N5O2. The zero-order chi connectivity index (χ0) is 30.1. The molecule has 4 heterocycles. The van der Waals surface area contributed by atoms with Crippen molar-refractivity contribution in [3.05, 3.63) is 143 Å². The van der Waals surface area contributed by atoms with Crippen molar-refractivity contribution in [3.8, 4) is 17.5 Å². The Morgan fingerprint density at radius 2 is 1.50 bits per heavy atom. The van der Waals surface area contributed by atoms with Gasteiger partial charge in [0.2, 0.25) is 0 Å². The predicted molar refractivity (Wildman–Crippen MR) is 170 cm³/mol. The molecule has 1 fully saturated rings. The maximum Gasteiger partial charge on any atom is 0.276 e. The van der Waals surface area contributed by atoms with Crippen molar-refractivity contribution >= 4 is 17.5 Å². The first-order valence-electron chi connectivity index (χ1n) is 14.8. The summed E-state index contributed by atoms with van der Waals surface area (Å²) in [6.07, 6.45) is 8.26. The van der Waals surface area contributed by atoms with Gasteiger partial charge in [0.15, 0.2) is 0 Å². The number of piperidine rings is 1. The van der Waals surface area contributed by atoms with Crippen molar-refractivity contribution in [2.24, 2.45) is 0 Å². The monoisotopic (exact) mass is 577 g/mol. The van der Waals surface area contributed by atoms with E-state index in [1.54, 1.807) is 24.9 Å². The van der Waals surface area contributed by atoms with Crippen LogP contribution in [0.15, 0.2) is 110 Å². The lowest BCUT2D eigenvalue weighted by Crippen LogP contribution is -2.48. The SMILES string of the molecule is Cc1ccc2c(c1)C1(CCN(C(=O)c3ccc(C#Cc4ccccc4)cc3)CC1)CN2C(=O)c1cncn1-c1ccncc1. The maximum absolute atomic E-state index is 14.1. The highest BCUT2D eigenvalue weighted by atomic mass is 16.2. The molecule has 3 aromatic carbocycles. The summed E-state index contributed by atoms with van der Waals surface area (Å²) in [6, 6.07) is 27.5. The molecule has 2 aromatic heterocycles. The van der Waals surface area contributed by atoms with Gasteiger partial charge < -0.3 is 9.80 Å². The average Bonchev–Trinajstić information content (AvgIpc) is 3.68. The van der Waals surface area contributed by atoms with Gasteiger partial charge in [0.05, 0.1) is 18.2 Å². The standard InChI is InChI=1S/C37H31N5O2/c1-27-7-14-33-32(23-27)37(25-41(33)36(44)34-24-39-26-42(34)31-15-19-38-20-16-31)17-21-40(22-18-37)35(43)30-12-10-29(11-13-30)9-8-28-5-3-2-4-6-28/h2-7,10-16,19-20,23-24,26H,17-18,21-22,25H2,1H3. The molecule has 2 aliphatic heterocycles. The van der Waals surface area contributed by atoms with Crippen LogP contribution in [0.1, 0.15) is 55.9 Å². The second-order valence-corrected chi connectivity index (χ2v) is 11.5. The third-order valence-corrected chi connectivity index (χ3v) is 8.78. The second kappa shape index (κ2) is 11.3. The van der Waals surface area contributed by atoms with Crippen LogP contribution in [-0.4, -0.2) is 50.9 Å². The minimum atomic E-state index is -0.216. The van der Waals surface area contributed by atoms with E-state index >= 15 is 0 Å². The number of rotatable bonds is 3. The number of benzene rings is 3. The minimum Gasteiger partial charge on any atom is -0.339 e. The summed E-state index contributed by atoms with van der Waals surface area (Å²) in [7, 11) is 0. The molecule has 44 heavy (non-hydrogen) atoms. The van der Waals surface area contributed by atoms with E-state index in [0.717, 1.165) is 40.9 Å². The fourth-order valence-corrected chi connectivity index (χ4v) is 6.38. The number of nitrogens with zero attached hydrogens (tertiary/aromatic N) is 5. The number of carbonyl (C=O) groups excluding carboxylic acids is 2. The summed E-state index contributed by atoms with van der Waals surface area (Å²) in [6.45, 7) is 3.91. The lowest BCUT2D eigenvalue weighted by Gasteiger charge is -2.40. The van der Waals surface area contributed by atoms with E-state index in [1.807, 2.05) is 81.1 Å². The van der Waals surface area contributed by atoms with Crippen LogP contribution >= 0.6 is 0 Å². The number of hydrogen-bond donors (Lipinski definition) is 0. The molecule has 7 heteroatoms. The number of aryl methyl sites for hydroxylation is 1. The molecule has 1 saturated heterocycles. The number of anilines is 1. The number of aromatic nitrogens is 3. The molecule has 0 atom stereocenters. The fourth-order valence-electron chi connectivity index (χ4n) is 6.38. The fraction of sp³-hybridized carbons (Fsp3) is 0.189. The summed E-state index contributed by atoms with van der Waals surface area (Å²) < 4.78 is 1.81. The van der Waals surface area contributed by atoms with Crippen molar-refractivity contribution in [1.82, 2.24) is 19.4 Å². The number of carbonyl (C=O) groups is 2. The molecular weight excluding hydrogens is 546 g/mol. The number of amides is 2. The highest BCUT2D eigenvalue weighted by molar-refractivity contribution is 6.07. The second-order valence-electron chi connectivity index (χ2n) is 11.5. The molecule has 5 aromatic rings. The smallest absolute Gasteiger partial charge is 0.276 e. The van der Waals surface area contributed by atoms with Crippen molar-refractivity contribution < 1.29 is 9.59 Å². The van der Waals surface area contributed by atoms with Crippen LogP contribution in [0.2, 0.25) is 0 Å². The van der Waals surface area contributed by atoms with Crippen molar-refractivity contribution in [2.45, 2.75) is 25.2 Å². The lowest BCUT2D eigenvalue weighted by atomic mass is 9.74. The van der Waals surface area contributed by atoms with Gasteiger partial charge in [0.1, 0.15) is 5.69 Å². The largest absolute Gasteiger partial charge is 0.339 e. The number of pyridine rings is 1. The molecule has 7 nitrogen and oxygen atoms in total. The van der Waals surface area contributed by atoms with E-state index < -0.39 is 0 Å². The Balaban J connectivity index is 1.08. The Hall–Kier alpha value is -5.48. The van der Waals surface area contributed by atoms with Gasteiger partial charge in [-0.3, -0.25) is 19.1 Å². The van der Waals surface area contributed by atoms with Gasteiger partial charge in [-0.25, -0.2) is 4.98 Å². The van der Waals surface area contributed by atoms with Gasteiger partial charge in [-0.1, -0.05) is 47.7 Å². The summed E-state index contributed by atoms with van der Waals surface area (Å²) in [5.41, 5.74) is 6.90. The number of likely N-dealkylation sites (tertiary alicyclic amines) is 1. The average molecular weight is 578 g/mol. The van der Waals surface area contributed by atoms with Crippen LogP contribution in [0.4, 0.5) is 5.69 Å².